The van der Waals surface area contributed by atoms with Crippen LogP contribution in [-0.2, 0) is 10.0 Å². The van der Waals surface area contributed by atoms with Gasteiger partial charge in [-0.1, -0.05) is 23.8 Å². The van der Waals surface area contributed by atoms with E-state index in [9.17, 15) is 8.42 Å². The number of aliphatic imine (C=N–C) groups is 1. The molecule has 0 heterocycles. The third kappa shape index (κ3) is 9.32. The molecular weight excluding hydrogens is 531 g/mol. The minimum Gasteiger partial charge on any atom is -0.497 e. The molecule has 2 aromatic rings. The highest BCUT2D eigenvalue weighted by atomic mass is 127. The van der Waals surface area contributed by atoms with Crippen LogP contribution < -0.4 is 24.8 Å². The Morgan fingerprint density at radius 2 is 1.74 bits per heavy atom. The number of benzene rings is 2. The van der Waals surface area contributed by atoms with Crippen LogP contribution in [0.4, 0.5) is 0 Å². The summed E-state index contributed by atoms with van der Waals surface area (Å²) in [6.45, 7) is 4.99. The van der Waals surface area contributed by atoms with Crippen molar-refractivity contribution >= 4 is 40.0 Å². The van der Waals surface area contributed by atoms with E-state index in [1.54, 1.807) is 38.4 Å². The van der Waals surface area contributed by atoms with E-state index in [0.717, 1.165) is 17.1 Å². The molecule has 1 atom stereocenters. The van der Waals surface area contributed by atoms with Gasteiger partial charge in [-0.15, -0.1) is 24.0 Å². The quantitative estimate of drug-likeness (QED) is 0.178. The highest BCUT2D eigenvalue weighted by Crippen LogP contribution is 2.19. The zero-order valence-electron chi connectivity index (χ0n) is 18.2. The summed E-state index contributed by atoms with van der Waals surface area (Å²) in [4.78, 5) is 4.39. The Kier molecular flexibility index (Phi) is 11.6. The molecule has 1 unspecified atom stereocenters. The van der Waals surface area contributed by atoms with Crippen LogP contribution in [0.25, 0.3) is 0 Å². The summed E-state index contributed by atoms with van der Waals surface area (Å²) < 4.78 is 38.2. The molecule has 3 N–H and O–H groups in total. The predicted molar refractivity (Wildman–Crippen MR) is 134 cm³/mol. The highest BCUT2D eigenvalue weighted by molar-refractivity contribution is 14.0. The van der Waals surface area contributed by atoms with Crippen LogP contribution in [0.5, 0.6) is 11.5 Å². The molecule has 2 rings (SSSR count). The van der Waals surface area contributed by atoms with Gasteiger partial charge in [0.05, 0.1) is 18.6 Å². The average molecular weight is 562 g/mol. The molecule has 0 aliphatic carbocycles. The van der Waals surface area contributed by atoms with Crippen molar-refractivity contribution in [2.24, 2.45) is 4.99 Å². The van der Waals surface area contributed by atoms with Crippen LogP contribution in [0.1, 0.15) is 12.5 Å². The molecule has 0 amide bonds. The minimum atomic E-state index is -3.53. The number of rotatable bonds is 10. The number of methoxy groups -OCH3 is 1. The topological polar surface area (TPSA) is 101 Å². The van der Waals surface area contributed by atoms with Crippen molar-refractivity contribution in [1.29, 1.82) is 0 Å². The van der Waals surface area contributed by atoms with E-state index < -0.39 is 10.0 Å². The number of halogens is 1. The van der Waals surface area contributed by atoms with Crippen molar-refractivity contribution < 1.29 is 17.9 Å². The first-order valence-corrected chi connectivity index (χ1v) is 11.1. The summed E-state index contributed by atoms with van der Waals surface area (Å²) in [6, 6.07) is 14.1. The number of ether oxygens (including phenoxy) is 2. The molecule has 10 heteroatoms. The lowest BCUT2D eigenvalue weighted by Crippen LogP contribution is -2.44. The molecule has 0 bridgehead atoms. The lowest BCUT2D eigenvalue weighted by Gasteiger charge is -2.18. The standard InChI is InChI=1S/C21H30N4O4S.HI/c1-16-8-10-20(11-9-16)30(26,27)25-13-12-23-21(22-3)24-15-17(2)29-19-7-5-6-18(14-19)28-4;/h5-11,14,17,25H,12-13,15H2,1-4H3,(H2,22,23,24);1H. The van der Waals surface area contributed by atoms with Crippen molar-refractivity contribution in [3.8, 4) is 11.5 Å². The van der Waals surface area contributed by atoms with E-state index >= 15 is 0 Å². The van der Waals surface area contributed by atoms with Crippen molar-refractivity contribution in [2.75, 3.05) is 33.8 Å². The number of nitrogens with one attached hydrogen (secondary N) is 3. The fraction of sp³-hybridized carbons (Fsp3) is 0.381. The van der Waals surface area contributed by atoms with Gasteiger partial charge >= 0.3 is 0 Å². The third-order valence-corrected chi connectivity index (χ3v) is 5.68. The summed E-state index contributed by atoms with van der Waals surface area (Å²) in [7, 11) is -0.264. The Hall–Kier alpha value is -2.05. The summed E-state index contributed by atoms with van der Waals surface area (Å²) >= 11 is 0. The van der Waals surface area contributed by atoms with Gasteiger partial charge in [-0.05, 0) is 38.1 Å². The van der Waals surface area contributed by atoms with Gasteiger partial charge in [-0.25, -0.2) is 13.1 Å². The van der Waals surface area contributed by atoms with Crippen LogP contribution in [0.2, 0.25) is 0 Å². The van der Waals surface area contributed by atoms with Crippen molar-refractivity contribution in [2.45, 2.75) is 24.8 Å². The van der Waals surface area contributed by atoms with Crippen molar-refractivity contribution in [1.82, 2.24) is 15.4 Å². The molecule has 0 aliphatic heterocycles. The Bertz CT molecular complexity index is 937. The fourth-order valence-electron chi connectivity index (χ4n) is 2.58. The van der Waals surface area contributed by atoms with Gasteiger partial charge in [0.1, 0.15) is 17.6 Å². The maximum absolute atomic E-state index is 12.3. The van der Waals surface area contributed by atoms with E-state index in [0.29, 0.717) is 19.0 Å². The summed E-state index contributed by atoms with van der Waals surface area (Å²) in [6.07, 6.45) is -0.115. The maximum Gasteiger partial charge on any atom is 0.240 e. The Morgan fingerprint density at radius 3 is 2.39 bits per heavy atom. The minimum absolute atomic E-state index is 0. The zero-order chi connectivity index (χ0) is 22.0. The number of hydrogen-bond acceptors (Lipinski definition) is 5. The Balaban J connectivity index is 0.00000480. The lowest BCUT2D eigenvalue weighted by atomic mass is 10.2. The van der Waals surface area contributed by atoms with E-state index in [1.807, 2.05) is 38.1 Å². The van der Waals surface area contributed by atoms with Gasteiger partial charge < -0.3 is 20.1 Å². The third-order valence-electron chi connectivity index (χ3n) is 4.20. The van der Waals surface area contributed by atoms with E-state index in [4.69, 9.17) is 9.47 Å². The molecule has 0 saturated carbocycles. The average Bonchev–Trinajstić information content (AvgIpc) is 2.73. The van der Waals surface area contributed by atoms with Gasteiger partial charge in [0.25, 0.3) is 0 Å². The number of sulfonamides is 1. The van der Waals surface area contributed by atoms with E-state index in [2.05, 4.69) is 20.3 Å². The Morgan fingerprint density at radius 1 is 1.06 bits per heavy atom. The molecule has 0 aromatic heterocycles. The molecule has 8 nitrogen and oxygen atoms in total. The number of nitrogens with zero attached hydrogens (tertiary/aromatic N) is 1. The molecular formula is C21H31IN4O4S. The maximum atomic E-state index is 12.3. The van der Waals surface area contributed by atoms with Crippen LogP contribution in [-0.4, -0.2) is 54.3 Å². The normalized spacial score (nSPS) is 12.5. The summed E-state index contributed by atoms with van der Waals surface area (Å²) in [5.41, 5.74) is 1.01. The summed E-state index contributed by atoms with van der Waals surface area (Å²) in [5.74, 6) is 2.01. The van der Waals surface area contributed by atoms with E-state index in [1.165, 1.54) is 0 Å². The van der Waals surface area contributed by atoms with Crippen LogP contribution in [0.3, 0.4) is 0 Å². The number of hydrogen-bond donors (Lipinski definition) is 3. The van der Waals surface area contributed by atoms with Crippen molar-refractivity contribution in [3.63, 3.8) is 0 Å². The second-order valence-corrected chi connectivity index (χ2v) is 8.47. The highest BCUT2D eigenvalue weighted by Gasteiger charge is 2.13. The number of guanidine groups is 1. The second kappa shape index (κ2) is 13.4. The molecule has 0 saturated heterocycles. The van der Waals surface area contributed by atoms with Crippen LogP contribution in [0.15, 0.2) is 58.4 Å². The smallest absolute Gasteiger partial charge is 0.240 e. The lowest BCUT2D eigenvalue weighted by molar-refractivity contribution is 0.223. The van der Waals surface area contributed by atoms with Crippen LogP contribution >= 0.6 is 24.0 Å². The fourth-order valence-corrected chi connectivity index (χ4v) is 3.61. The van der Waals surface area contributed by atoms with Gasteiger partial charge in [0.15, 0.2) is 5.96 Å². The molecule has 31 heavy (non-hydrogen) atoms. The van der Waals surface area contributed by atoms with Gasteiger partial charge in [0.2, 0.25) is 10.0 Å². The molecule has 0 spiro atoms. The molecule has 172 valence electrons. The molecule has 0 fully saturated rings. The number of aryl methyl sites for hydroxylation is 1. The monoisotopic (exact) mass is 562 g/mol. The van der Waals surface area contributed by atoms with E-state index in [-0.39, 0.29) is 41.5 Å². The first kappa shape index (κ1) is 27.0. The largest absolute Gasteiger partial charge is 0.497 e. The Labute approximate surface area is 201 Å². The second-order valence-electron chi connectivity index (χ2n) is 6.70. The SMILES string of the molecule is CN=C(NCCNS(=O)(=O)c1ccc(C)cc1)NCC(C)Oc1cccc(OC)c1.I. The van der Waals surface area contributed by atoms with Crippen molar-refractivity contribution in [3.05, 3.63) is 54.1 Å². The molecule has 0 radical (unpaired) electrons. The molecule has 0 aliphatic rings. The summed E-state index contributed by atoms with van der Waals surface area (Å²) in [5, 5.41) is 6.24. The van der Waals surface area contributed by atoms with Gasteiger partial charge in [-0.2, -0.15) is 0 Å². The van der Waals surface area contributed by atoms with Crippen LogP contribution in [0, 0.1) is 6.92 Å². The first-order valence-electron chi connectivity index (χ1n) is 9.65. The predicted octanol–water partition coefficient (Wildman–Crippen LogP) is 2.53. The molecule has 2 aromatic carbocycles. The first-order chi connectivity index (χ1) is 14.3. The van der Waals surface area contributed by atoms with Gasteiger partial charge in [0, 0.05) is 26.2 Å². The zero-order valence-corrected chi connectivity index (χ0v) is 21.4. The van der Waals surface area contributed by atoms with Gasteiger partial charge in [-0.3, -0.25) is 4.99 Å².